The summed E-state index contributed by atoms with van der Waals surface area (Å²) >= 11 is 0. The number of pyridine rings is 1. The first-order valence-corrected chi connectivity index (χ1v) is 9.58. The topological polar surface area (TPSA) is 92.5 Å². The number of carbonyl (C=O) groups is 1. The molecule has 0 aliphatic carbocycles. The van der Waals surface area contributed by atoms with Gasteiger partial charge >= 0.3 is 5.97 Å². The van der Waals surface area contributed by atoms with Gasteiger partial charge in [-0.1, -0.05) is 30.3 Å². The highest BCUT2D eigenvalue weighted by molar-refractivity contribution is 5.95. The summed E-state index contributed by atoms with van der Waals surface area (Å²) in [5.41, 5.74) is 2.48. The van der Waals surface area contributed by atoms with E-state index in [4.69, 9.17) is 9.84 Å². The Kier molecular flexibility index (Phi) is 5.83. The summed E-state index contributed by atoms with van der Waals surface area (Å²) in [5.74, 6) is -0.406. The van der Waals surface area contributed by atoms with Crippen molar-refractivity contribution in [1.82, 2.24) is 19.7 Å². The lowest BCUT2D eigenvalue weighted by Crippen LogP contribution is -2.38. The molecule has 0 radical (unpaired) electrons. The molecule has 1 fully saturated rings. The van der Waals surface area contributed by atoms with E-state index < -0.39 is 5.97 Å². The second-order valence-corrected chi connectivity index (χ2v) is 6.83. The van der Waals surface area contributed by atoms with Crippen molar-refractivity contribution in [1.29, 1.82) is 0 Å². The van der Waals surface area contributed by atoms with Crippen LogP contribution in [0.5, 0.6) is 0 Å². The van der Waals surface area contributed by atoms with Crippen molar-refractivity contribution in [3.05, 3.63) is 60.6 Å². The zero-order chi connectivity index (χ0) is 20.1. The molecule has 1 aromatic carbocycles. The number of aromatic nitrogens is 3. The summed E-state index contributed by atoms with van der Waals surface area (Å²) in [5, 5.41) is 17.3. The molecule has 3 aromatic rings. The highest BCUT2D eigenvalue weighted by atomic mass is 16.5. The Labute approximate surface area is 168 Å². The molecular formula is C21H23N5O3. The molecule has 4 rings (SSSR count). The van der Waals surface area contributed by atoms with Crippen molar-refractivity contribution in [2.24, 2.45) is 0 Å². The maximum Gasteiger partial charge on any atom is 0.337 e. The zero-order valence-corrected chi connectivity index (χ0v) is 16.0. The van der Waals surface area contributed by atoms with Crippen molar-refractivity contribution in [2.75, 3.05) is 38.2 Å². The molecule has 3 heterocycles. The van der Waals surface area contributed by atoms with E-state index in [1.807, 2.05) is 41.2 Å². The van der Waals surface area contributed by atoms with Gasteiger partial charge in [0.15, 0.2) is 5.82 Å². The number of nitrogens with one attached hydrogen (secondary N) is 1. The molecule has 0 amide bonds. The number of ether oxygens (including phenoxy) is 1. The lowest BCUT2D eigenvalue weighted by molar-refractivity contribution is 0.0360. The van der Waals surface area contributed by atoms with Crippen LogP contribution < -0.4 is 5.32 Å². The minimum absolute atomic E-state index is 0.155. The van der Waals surface area contributed by atoms with Gasteiger partial charge in [-0.15, -0.1) is 0 Å². The molecule has 150 valence electrons. The van der Waals surface area contributed by atoms with E-state index >= 15 is 0 Å². The molecule has 1 aliphatic rings. The van der Waals surface area contributed by atoms with E-state index in [2.05, 4.69) is 15.2 Å². The minimum Gasteiger partial charge on any atom is -0.478 e. The smallest absolute Gasteiger partial charge is 0.337 e. The quantitative estimate of drug-likeness (QED) is 0.638. The summed E-state index contributed by atoms with van der Waals surface area (Å²) in [7, 11) is 0. The Bertz CT molecular complexity index is 967. The fourth-order valence-electron chi connectivity index (χ4n) is 3.33. The van der Waals surface area contributed by atoms with Gasteiger partial charge in [0.1, 0.15) is 0 Å². The molecule has 1 saturated heterocycles. The molecule has 0 bridgehead atoms. The van der Waals surface area contributed by atoms with Crippen LogP contribution in [-0.2, 0) is 11.3 Å². The monoisotopic (exact) mass is 393 g/mol. The first-order valence-electron chi connectivity index (χ1n) is 9.58. The number of rotatable bonds is 7. The van der Waals surface area contributed by atoms with Crippen molar-refractivity contribution >= 4 is 17.5 Å². The van der Waals surface area contributed by atoms with Crippen molar-refractivity contribution < 1.29 is 14.6 Å². The van der Waals surface area contributed by atoms with Crippen LogP contribution >= 0.6 is 0 Å². The summed E-state index contributed by atoms with van der Waals surface area (Å²) in [6, 6.07) is 11.4. The van der Waals surface area contributed by atoms with E-state index in [-0.39, 0.29) is 5.56 Å². The van der Waals surface area contributed by atoms with Crippen molar-refractivity contribution in [3.8, 4) is 11.1 Å². The first kappa shape index (κ1) is 19.1. The minimum atomic E-state index is -1.01. The molecule has 1 aliphatic heterocycles. The zero-order valence-electron chi connectivity index (χ0n) is 16.0. The predicted octanol–water partition coefficient (Wildman–Crippen LogP) is 2.72. The van der Waals surface area contributed by atoms with E-state index in [1.165, 1.54) is 18.5 Å². The first-order chi connectivity index (χ1) is 14.2. The predicted molar refractivity (Wildman–Crippen MR) is 109 cm³/mol. The maximum absolute atomic E-state index is 11.5. The number of anilines is 2. The van der Waals surface area contributed by atoms with E-state index in [0.29, 0.717) is 11.5 Å². The average molecular weight is 393 g/mol. The summed E-state index contributed by atoms with van der Waals surface area (Å²) in [6.45, 7) is 5.00. The highest BCUT2D eigenvalue weighted by Crippen LogP contribution is 2.30. The number of nitrogens with zero attached hydrogens (tertiary/aromatic N) is 4. The van der Waals surface area contributed by atoms with Gasteiger partial charge in [0, 0.05) is 37.6 Å². The van der Waals surface area contributed by atoms with Gasteiger partial charge in [-0.2, -0.15) is 5.10 Å². The molecular weight excluding hydrogens is 370 g/mol. The number of carboxylic acid groups (broad SMARTS) is 1. The van der Waals surface area contributed by atoms with Crippen molar-refractivity contribution in [3.63, 3.8) is 0 Å². The normalized spacial score (nSPS) is 14.6. The van der Waals surface area contributed by atoms with Gasteiger partial charge in [-0.25, -0.2) is 4.79 Å². The summed E-state index contributed by atoms with van der Waals surface area (Å²) < 4.78 is 7.30. The molecule has 8 nitrogen and oxygen atoms in total. The SMILES string of the molecule is O=C(O)c1ccncc1Nc1nn(CCN2CCOCC2)cc1-c1ccccc1. The summed E-state index contributed by atoms with van der Waals surface area (Å²) in [4.78, 5) is 17.9. The second-order valence-electron chi connectivity index (χ2n) is 6.83. The van der Waals surface area contributed by atoms with Crippen LogP contribution in [0, 0.1) is 0 Å². The molecule has 8 heteroatoms. The van der Waals surface area contributed by atoms with Gasteiger partial charge in [-0.05, 0) is 11.6 Å². The molecule has 29 heavy (non-hydrogen) atoms. The Balaban J connectivity index is 1.61. The third-order valence-electron chi connectivity index (χ3n) is 4.90. The van der Waals surface area contributed by atoms with Crippen molar-refractivity contribution in [2.45, 2.75) is 6.54 Å². The number of benzene rings is 1. The maximum atomic E-state index is 11.5. The fraction of sp³-hybridized carbons (Fsp3) is 0.286. The fourth-order valence-corrected chi connectivity index (χ4v) is 3.33. The highest BCUT2D eigenvalue weighted by Gasteiger charge is 2.16. The van der Waals surface area contributed by atoms with Crippen LogP contribution in [0.1, 0.15) is 10.4 Å². The van der Waals surface area contributed by atoms with Gasteiger partial charge in [-0.3, -0.25) is 14.6 Å². The summed E-state index contributed by atoms with van der Waals surface area (Å²) in [6.07, 6.45) is 4.97. The van der Waals surface area contributed by atoms with Crippen LogP contribution in [0.2, 0.25) is 0 Å². The Morgan fingerprint density at radius 1 is 1.14 bits per heavy atom. The van der Waals surface area contributed by atoms with E-state index in [0.717, 1.165) is 50.5 Å². The van der Waals surface area contributed by atoms with Crippen LogP contribution in [0.4, 0.5) is 11.5 Å². The Morgan fingerprint density at radius 3 is 2.69 bits per heavy atom. The Morgan fingerprint density at radius 2 is 1.93 bits per heavy atom. The van der Waals surface area contributed by atoms with Crippen LogP contribution in [0.15, 0.2) is 55.0 Å². The number of carboxylic acids is 1. The van der Waals surface area contributed by atoms with E-state index in [9.17, 15) is 9.90 Å². The molecule has 2 aromatic heterocycles. The van der Waals surface area contributed by atoms with Gasteiger partial charge < -0.3 is 15.2 Å². The number of hydrogen-bond acceptors (Lipinski definition) is 6. The third kappa shape index (κ3) is 4.61. The van der Waals surface area contributed by atoms with Gasteiger partial charge in [0.05, 0.1) is 37.2 Å². The molecule has 0 atom stereocenters. The van der Waals surface area contributed by atoms with E-state index in [1.54, 1.807) is 0 Å². The van der Waals surface area contributed by atoms with Crippen LogP contribution in [-0.4, -0.2) is 63.6 Å². The largest absolute Gasteiger partial charge is 0.478 e. The average Bonchev–Trinajstić information content (AvgIpc) is 3.16. The second kappa shape index (κ2) is 8.85. The molecule has 0 unspecified atom stereocenters. The van der Waals surface area contributed by atoms with Gasteiger partial charge in [0.25, 0.3) is 0 Å². The van der Waals surface area contributed by atoms with Gasteiger partial charge in [0.2, 0.25) is 0 Å². The molecule has 2 N–H and O–H groups in total. The Hall–Kier alpha value is -3.23. The third-order valence-corrected chi connectivity index (χ3v) is 4.90. The number of aromatic carboxylic acids is 1. The van der Waals surface area contributed by atoms with Crippen LogP contribution in [0.25, 0.3) is 11.1 Å². The number of hydrogen-bond donors (Lipinski definition) is 2. The lowest BCUT2D eigenvalue weighted by atomic mass is 10.1. The standard InChI is InChI=1S/C21H23N5O3/c27-21(28)17-6-7-22-14-19(17)23-20-18(16-4-2-1-3-5-16)15-26(24-20)9-8-25-10-12-29-13-11-25/h1-7,14-15H,8-13H2,(H,23,24)(H,27,28). The van der Waals surface area contributed by atoms with Crippen LogP contribution in [0.3, 0.4) is 0 Å². The molecule has 0 spiro atoms. The lowest BCUT2D eigenvalue weighted by Gasteiger charge is -2.26. The molecule has 0 saturated carbocycles. The number of morpholine rings is 1.